The molecule has 2 fully saturated rings. The Morgan fingerprint density at radius 2 is 1.30 bits per heavy atom. The van der Waals surface area contributed by atoms with Crippen molar-refractivity contribution in [1.82, 2.24) is 57.7 Å². The van der Waals surface area contributed by atoms with E-state index in [1.807, 2.05) is 0 Å². The number of cyclic esters (lactones) is 1. The first kappa shape index (κ1) is 72.9. The van der Waals surface area contributed by atoms with E-state index in [2.05, 4.69) is 52.8 Å². The van der Waals surface area contributed by atoms with Gasteiger partial charge in [-0.25, -0.2) is 4.79 Å². The van der Waals surface area contributed by atoms with Crippen LogP contribution in [0.3, 0.4) is 0 Å². The number of aliphatic hydroxyl groups excluding tert-OH is 2. The van der Waals surface area contributed by atoms with Gasteiger partial charge in [-0.05, 0) is 97.0 Å². The highest BCUT2D eigenvalue weighted by Gasteiger charge is 2.44. The number of aromatic nitrogens is 1. The lowest BCUT2D eigenvalue weighted by atomic mass is 9.99. The highest BCUT2D eigenvalue weighted by Crippen LogP contribution is 2.26. The van der Waals surface area contributed by atoms with Crippen molar-refractivity contribution in [3.63, 3.8) is 0 Å². The third-order valence-corrected chi connectivity index (χ3v) is 16.4. The molecule has 4 aromatic carbocycles. The summed E-state index contributed by atoms with van der Waals surface area (Å²) in [5.41, 5.74) is 8.63. The molecule has 11 atom stereocenters. The maximum absolute atomic E-state index is 15.0. The van der Waals surface area contributed by atoms with Crippen molar-refractivity contribution in [2.24, 2.45) is 17.6 Å². The number of aromatic amines is 1. The maximum Gasteiger partial charge on any atom is 0.329 e. The van der Waals surface area contributed by atoms with Crippen LogP contribution in [0.25, 0.3) is 17.0 Å². The molecule has 15 N–H and O–H groups in total. The molecule has 512 valence electrons. The third kappa shape index (κ3) is 20.0. The van der Waals surface area contributed by atoms with Gasteiger partial charge >= 0.3 is 5.97 Å². The fourth-order valence-corrected chi connectivity index (χ4v) is 11.2. The monoisotopic (exact) mass is 1320 g/mol. The number of hydrogen-bond donors (Lipinski definition) is 14. The van der Waals surface area contributed by atoms with Crippen molar-refractivity contribution in [2.75, 3.05) is 19.7 Å². The van der Waals surface area contributed by atoms with Crippen molar-refractivity contribution in [3.05, 3.63) is 143 Å². The normalized spacial score (nSPS) is 24.0. The summed E-state index contributed by atoms with van der Waals surface area (Å²) >= 11 is 0. The van der Waals surface area contributed by atoms with Gasteiger partial charge in [-0.1, -0.05) is 113 Å². The van der Waals surface area contributed by atoms with Gasteiger partial charge in [0, 0.05) is 42.6 Å². The van der Waals surface area contributed by atoms with E-state index in [1.165, 1.54) is 49.4 Å². The van der Waals surface area contributed by atoms with E-state index in [-0.39, 0.29) is 55.9 Å². The van der Waals surface area contributed by atoms with Gasteiger partial charge in [-0.3, -0.25) is 52.7 Å². The highest BCUT2D eigenvalue weighted by molar-refractivity contribution is 6.01. The quantitative estimate of drug-likeness (QED) is 0.0481. The number of aryl methyl sites for hydroxylation is 1. The molecule has 2 saturated heterocycles. The fraction of sp³-hybridized carbons (Fsp3) is 0.412. The number of carbonyl (C=O) groups excluding carboxylic acids is 12. The van der Waals surface area contributed by atoms with E-state index >= 15 is 0 Å². The second-order valence-corrected chi connectivity index (χ2v) is 24.6. The van der Waals surface area contributed by atoms with Gasteiger partial charge in [0.15, 0.2) is 0 Å². The zero-order chi connectivity index (χ0) is 69.9. The molecule has 28 heteroatoms. The first-order chi connectivity index (χ1) is 45.7. The molecule has 0 bridgehead atoms. The Morgan fingerprint density at radius 1 is 0.688 bits per heavy atom. The number of ether oxygens (including phenoxy) is 1. The van der Waals surface area contributed by atoms with Crippen LogP contribution in [-0.2, 0) is 75.1 Å². The number of esters is 1. The summed E-state index contributed by atoms with van der Waals surface area (Å²) < 4.78 is 5.91. The summed E-state index contributed by atoms with van der Waals surface area (Å²) in [6.45, 7) is 7.79. The Labute approximate surface area is 554 Å². The summed E-state index contributed by atoms with van der Waals surface area (Å²) in [7, 11) is 0. The number of amides is 11. The second kappa shape index (κ2) is 34.1. The van der Waals surface area contributed by atoms with Crippen LogP contribution in [0.4, 0.5) is 0 Å². The molecule has 0 unspecified atom stereocenters. The molecule has 0 aliphatic carbocycles. The Hall–Kier alpha value is -10.5. The van der Waals surface area contributed by atoms with Gasteiger partial charge in [0.2, 0.25) is 65.0 Å². The van der Waals surface area contributed by atoms with Crippen molar-refractivity contribution < 1.29 is 77.6 Å². The largest absolute Gasteiger partial charge is 0.508 e. The predicted molar refractivity (Wildman–Crippen MR) is 349 cm³/mol. The Bertz CT molecular complexity index is 3670. The molecule has 7 rings (SSSR count). The van der Waals surface area contributed by atoms with Gasteiger partial charge < -0.3 is 83.5 Å². The van der Waals surface area contributed by atoms with Crippen molar-refractivity contribution in [1.29, 1.82) is 0 Å². The summed E-state index contributed by atoms with van der Waals surface area (Å²) in [6.07, 6.45) is -0.740. The minimum atomic E-state index is -1.96. The Balaban J connectivity index is 1.30. The lowest BCUT2D eigenvalue weighted by Gasteiger charge is -2.33. The van der Waals surface area contributed by atoms with Crippen LogP contribution in [-0.4, -0.2) is 176 Å². The van der Waals surface area contributed by atoms with E-state index in [1.54, 1.807) is 108 Å². The molecule has 2 aliphatic heterocycles. The lowest BCUT2D eigenvalue weighted by Crippen LogP contribution is -2.62. The molecule has 3 heterocycles. The second-order valence-electron chi connectivity index (χ2n) is 24.6. The van der Waals surface area contributed by atoms with Crippen molar-refractivity contribution in [2.45, 2.75) is 147 Å². The van der Waals surface area contributed by atoms with Gasteiger partial charge in [0.05, 0.1) is 19.6 Å². The van der Waals surface area contributed by atoms with Gasteiger partial charge in [-0.2, -0.15) is 0 Å². The van der Waals surface area contributed by atoms with Crippen LogP contribution in [0.2, 0.25) is 0 Å². The van der Waals surface area contributed by atoms with Crippen LogP contribution in [0.5, 0.6) is 5.75 Å². The number of nitrogens with zero attached hydrogens (tertiary/aromatic N) is 1. The molecular formula is C68H84N12O16. The van der Waals surface area contributed by atoms with E-state index in [4.69, 9.17) is 10.5 Å². The minimum absolute atomic E-state index is 0.0105. The number of phenolic OH excluding ortho intramolecular Hbond substituents is 1. The Kier molecular flexibility index (Phi) is 25.9. The van der Waals surface area contributed by atoms with Gasteiger partial charge in [0.25, 0.3) is 0 Å². The van der Waals surface area contributed by atoms with Gasteiger partial charge in [-0.15, -0.1) is 0 Å². The average molecular weight is 1330 g/mol. The zero-order valence-electron chi connectivity index (χ0n) is 54.1. The first-order valence-electron chi connectivity index (χ1n) is 31.6. The number of aromatic hydroxyl groups is 1. The minimum Gasteiger partial charge on any atom is -0.508 e. The average Bonchev–Trinajstić information content (AvgIpc) is 1.49. The van der Waals surface area contributed by atoms with Crippen LogP contribution in [0.1, 0.15) is 94.2 Å². The number of rotatable bonds is 15. The Morgan fingerprint density at radius 3 is 1.98 bits per heavy atom. The van der Waals surface area contributed by atoms with Crippen molar-refractivity contribution >= 4 is 87.9 Å². The fourth-order valence-electron chi connectivity index (χ4n) is 11.2. The molecule has 28 nitrogen and oxygen atoms in total. The number of benzene rings is 4. The standard InChI is InChI=1S/C68H84N12O16/c1-36(2)29-47-60(87)75-50(30-40-22-25-44(82)26-23-40)68(95)96-39(6)57(77-54(84)27-24-41-16-11-10-15-38(41)5)66(93)76-51(35-81)63(90)73-48(31-43-33-70-46-20-13-12-19-45(43)46)61(88)74-49(32-53(69)83)62(89)79-58(59(86)42-17-8-7-9-18-42)67(94)80-28-14-21-52(80)64(91)78-56(37(3)4)65(92)71-34-55(85)72-47/h7-13,15-20,22-27,33,36-37,39,47-52,56-59,70,81-82,86H,14,21,28-32,34-35H2,1-6H3,(H2,69,83)(H,71,92)(H,72,85)(H,73,90)(H,74,88)(H,75,87)(H,76,93)(H,77,84)(H,78,91)(H,79,89)/b27-24+/t39-,47-,48+,49-,50-,51+,52+,56-,57+,58+,59+/m1/s1. The molecule has 2 aliphatic rings. The lowest BCUT2D eigenvalue weighted by molar-refractivity contribution is -0.156. The van der Waals surface area contributed by atoms with E-state index in [9.17, 15) is 72.9 Å². The van der Waals surface area contributed by atoms with Crippen LogP contribution in [0, 0.1) is 18.8 Å². The molecule has 0 spiro atoms. The number of primary amides is 1. The summed E-state index contributed by atoms with van der Waals surface area (Å²) in [4.78, 5) is 176. The topological polar surface area (TPSA) is 428 Å². The number of nitrogens with two attached hydrogens (primary N) is 1. The smallest absolute Gasteiger partial charge is 0.329 e. The number of phenols is 1. The molecule has 0 saturated carbocycles. The van der Waals surface area contributed by atoms with E-state index < -0.39 is 163 Å². The summed E-state index contributed by atoms with van der Waals surface area (Å²) in [5, 5.41) is 56.3. The molecule has 96 heavy (non-hydrogen) atoms. The maximum atomic E-state index is 15.0. The molecule has 5 aromatic rings. The molecule has 0 radical (unpaired) electrons. The van der Waals surface area contributed by atoms with Gasteiger partial charge in [0.1, 0.15) is 72.3 Å². The van der Waals surface area contributed by atoms with E-state index in [0.29, 0.717) is 27.6 Å². The number of carbonyl (C=O) groups is 12. The summed E-state index contributed by atoms with van der Waals surface area (Å²) in [5.74, 6) is -13.4. The number of fused-ring (bicyclic) bond motifs is 2. The SMILES string of the molecule is Cc1ccccc1/C=C/C(=O)N[C@@H]1C(=O)N[C@@H](CO)C(=O)N[C@@H](Cc2c[nH]c3ccccc23)C(=O)N[C@H](CC(N)=O)C(=O)N[C@@H]([C@@H](O)c2ccccc2)C(=O)N2CCC[C@H]2C(=O)N[C@H](C(C)C)C(=O)NCC(=O)N[C@H](CC(C)C)C(=O)N[C@H](Cc2ccc(O)cc2)C(=O)O[C@@H]1C. The number of H-pyrrole nitrogens is 1. The van der Waals surface area contributed by atoms with Crippen LogP contribution >= 0.6 is 0 Å². The van der Waals surface area contributed by atoms with E-state index in [0.717, 1.165) is 16.5 Å². The van der Waals surface area contributed by atoms with Crippen molar-refractivity contribution in [3.8, 4) is 5.75 Å². The number of nitrogens with one attached hydrogen (secondary N) is 10. The van der Waals surface area contributed by atoms with Crippen LogP contribution < -0.4 is 53.6 Å². The number of aliphatic hydroxyl groups is 2. The number of para-hydroxylation sites is 1. The first-order valence-corrected chi connectivity index (χ1v) is 31.6. The zero-order valence-corrected chi connectivity index (χ0v) is 54.1. The predicted octanol–water partition coefficient (Wildman–Crippen LogP) is -0.0852. The van der Waals surface area contributed by atoms with Crippen LogP contribution in [0.15, 0.2) is 115 Å². The summed E-state index contributed by atoms with van der Waals surface area (Å²) in [6, 6.07) is 12.1. The molecular weight excluding hydrogens is 1240 g/mol. The molecule has 11 amide bonds. The highest BCUT2D eigenvalue weighted by atomic mass is 16.5. The molecule has 1 aromatic heterocycles. The number of hydrogen-bond acceptors (Lipinski definition) is 16. The third-order valence-electron chi connectivity index (χ3n) is 16.4.